The Balaban J connectivity index is 1.68. The van der Waals surface area contributed by atoms with Crippen molar-refractivity contribution in [3.63, 3.8) is 0 Å². The van der Waals surface area contributed by atoms with Crippen molar-refractivity contribution in [2.24, 2.45) is 0 Å². The lowest BCUT2D eigenvalue weighted by atomic mass is 10.2. The molecule has 0 aliphatic heterocycles. The van der Waals surface area contributed by atoms with Gasteiger partial charge >= 0.3 is 0 Å². The summed E-state index contributed by atoms with van der Waals surface area (Å²) in [4.78, 5) is 28.9. The summed E-state index contributed by atoms with van der Waals surface area (Å²) in [7, 11) is 0. The minimum atomic E-state index is -0.374. The van der Waals surface area contributed by atoms with Gasteiger partial charge in [-0.2, -0.15) is 0 Å². The van der Waals surface area contributed by atoms with Crippen molar-refractivity contribution in [3.8, 4) is 0 Å². The Morgan fingerprint density at radius 3 is 2.59 bits per heavy atom. The highest BCUT2D eigenvalue weighted by Gasteiger charge is 2.12. The third-order valence-electron chi connectivity index (χ3n) is 3.93. The molecule has 0 unspecified atom stereocenters. The molecule has 0 bridgehead atoms. The predicted octanol–water partition coefficient (Wildman–Crippen LogP) is 4.23. The molecule has 5 nitrogen and oxygen atoms in total. The lowest BCUT2D eigenvalue weighted by molar-refractivity contribution is 0.0951. The van der Waals surface area contributed by atoms with Crippen LogP contribution in [-0.2, 0) is 6.54 Å². The van der Waals surface area contributed by atoms with Crippen LogP contribution in [0.15, 0.2) is 66.9 Å². The normalized spacial score (nSPS) is 10.3. The number of halogens is 1. The number of aryl methyl sites for hydroxylation is 1. The quantitative estimate of drug-likeness (QED) is 0.697. The molecule has 0 aliphatic carbocycles. The number of pyridine rings is 1. The minimum absolute atomic E-state index is 0.168. The molecule has 3 aromatic rings. The van der Waals surface area contributed by atoms with Crippen molar-refractivity contribution in [1.82, 2.24) is 10.3 Å². The second-order valence-corrected chi connectivity index (χ2v) is 6.43. The molecular formula is C21H18ClN3O2. The molecule has 2 amide bonds. The summed E-state index contributed by atoms with van der Waals surface area (Å²) in [6.45, 7) is 2.24. The minimum Gasteiger partial charge on any atom is -0.348 e. The number of aromatic nitrogens is 1. The number of hydrogen-bond donors (Lipinski definition) is 2. The first-order chi connectivity index (χ1) is 13.0. The van der Waals surface area contributed by atoms with Crippen LogP contribution < -0.4 is 10.6 Å². The molecule has 27 heavy (non-hydrogen) atoms. The van der Waals surface area contributed by atoms with E-state index in [4.69, 9.17) is 11.6 Å². The van der Waals surface area contributed by atoms with E-state index >= 15 is 0 Å². The highest BCUT2D eigenvalue weighted by Crippen LogP contribution is 2.15. The zero-order valence-corrected chi connectivity index (χ0v) is 15.5. The lowest BCUT2D eigenvalue weighted by Crippen LogP contribution is -2.24. The summed E-state index contributed by atoms with van der Waals surface area (Å²) in [5, 5.41) is 6.17. The van der Waals surface area contributed by atoms with Crippen molar-refractivity contribution in [2.45, 2.75) is 13.5 Å². The Hall–Kier alpha value is -3.18. The summed E-state index contributed by atoms with van der Waals surface area (Å²) < 4.78 is 0. The first kappa shape index (κ1) is 18.6. The third kappa shape index (κ3) is 4.92. The molecule has 0 fully saturated rings. The zero-order valence-electron chi connectivity index (χ0n) is 14.7. The molecular weight excluding hydrogens is 362 g/mol. The van der Waals surface area contributed by atoms with E-state index in [-0.39, 0.29) is 17.5 Å². The molecule has 2 N–H and O–H groups in total. The number of amides is 2. The molecule has 0 aliphatic rings. The largest absolute Gasteiger partial charge is 0.348 e. The van der Waals surface area contributed by atoms with Crippen LogP contribution in [0, 0.1) is 6.92 Å². The average molecular weight is 380 g/mol. The maximum atomic E-state index is 12.4. The number of nitrogens with zero attached hydrogens (tertiary/aromatic N) is 1. The molecule has 0 saturated heterocycles. The highest BCUT2D eigenvalue weighted by molar-refractivity contribution is 6.31. The molecule has 0 spiro atoms. The monoisotopic (exact) mass is 379 g/mol. The molecule has 1 aromatic heterocycles. The second kappa shape index (κ2) is 8.47. The number of rotatable bonds is 5. The van der Waals surface area contributed by atoms with Crippen LogP contribution in [0.3, 0.4) is 0 Å². The molecule has 6 heteroatoms. The van der Waals surface area contributed by atoms with Crippen molar-refractivity contribution in [1.29, 1.82) is 0 Å². The molecule has 136 valence electrons. The van der Waals surface area contributed by atoms with E-state index in [0.717, 1.165) is 11.1 Å². The van der Waals surface area contributed by atoms with Gasteiger partial charge in [-0.1, -0.05) is 41.9 Å². The van der Waals surface area contributed by atoms with Gasteiger partial charge in [-0.3, -0.25) is 14.6 Å². The van der Waals surface area contributed by atoms with E-state index in [9.17, 15) is 9.59 Å². The van der Waals surface area contributed by atoms with Crippen LogP contribution in [0.1, 0.15) is 32.0 Å². The maximum Gasteiger partial charge on any atom is 0.274 e. The number of anilines is 1. The fourth-order valence-corrected chi connectivity index (χ4v) is 2.74. The Bertz CT molecular complexity index is 988. The van der Waals surface area contributed by atoms with Crippen molar-refractivity contribution < 1.29 is 9.59 Å². The van der Waals surface area contributed by atoms with Crippen LogP contribution in [0.5, 0.6) is 0 Å². The predicted molar refractivity (Wildman–Crippen MR) is 106 cm³/mol. The summed E-state index contributed by atoms with van der Waals surface area (Å²) in [5.74, 6) is -0.678. The van der Waals surface area contributed by atoms with E-state index in [0.29, 0.717) is 22.8 Å². The second-order valence-electron chi connectivity index (χ2n) is 6.03. The molecule has 1 heterocycles. The number of carbonyl (C=O) groups excluding carboxylic acids is 2. The van der Waals surface area contributed by atoms with Crippen molar-refractivity contribution in [3.05, 3.63) is 94.3 Å². The van der Waals surface area contributed by atoms with Crippen LogP contribution in [0.25, 0.3) is 0 Å². The van der Waals surface area contributed by atoms with Gasteiger partial charge in [0.25, 0.3) is 11.8 Å². The zero-order chi connectivity index (χ0) is 19.2. The van der Waals surface area contributed by atoms with E-state index in [1.54, 1.807) is 18.2 Å². The van der Waals surface area contributed by atoms with E-state index in [1.165, 1.54) is 12.3 Å². The molecule has 0 atom stereocenters. The molecule has 0 radical (unpaired) electrons. The SMILES string of the molecule is Cc1cccc(NC(=O)c2cc(C(=O)NCc3ccccc3Cl)ccn2)c1. The van der Waals surface area contributed by atoms with Gasteiger partial charge in [0.1, 0.15) is 5.69 Å². The van der Waals surface area contributed by atoms with Crippen LogP contribution in [-0.4, -0.2) is 16.8 Å². The summed E-state index contributed by atoms with van der Waals surface area (Å²) in [6.07, 6.45) is 1.44. The summed E-state index contributed by atoms with van der Waals surface area (Å²) in [6, 6.07) is 17.8. The Morgan fingerprint density at radius 1 is 1.00 bits per heavy atom. The first-order valence-electron chi connectivity index (χ1n) is 8.38. The van der Waals surface area contributed by atoms with Gasteiger partial charge in [0.2, 0.25) is 0 Å². The molecule has 2 aromatic carbocycles. The van der Waals surface area contributed by atoms with Gasteiger partial charge in [-0.05, 0) is 48.4 Å². The fraction of sp³-hybridized carbons (Fsp3) is 0.0952. The van der Waals surface area contributed by atoms with Crippen LogP contribution in [0.4, 0.5) is 5.69 Å². The van der Waals surface area contributed by atoms with Gasteiger partial charge in [-0.25, -0.2) is 0 Å². The number of benzene rings is 2. The molecule has 3 rings (SSSR count). The topological polar surface area (TPSA) is 71.1 Å². The lowest BCUT2D eigenvalue weighted by Gasteiger charge is -2.09. The van der Waals surface area contributed by atoms with Gasteiger partial charge < -0.3 is 10.6 Å². The van der Waals surface area contributed by atoms with Gasteiger partial charge in [0, 0.05) is 29.0 Å². The Labute approximate surface area is 162 Å². The summed E-state index contributed by atoms with van der Waals surface area (Å²) >= 11 is 6.09. The van der Waals surface area contributed by atoms with E-state index in [2.05, 4.69) is 15.6 Å². The van der Waals surface area contributed by atoms with Gasteiger partial charge in [-0.15, -0.1) is 0 Å². The Morgan fingerprint density at radius 2 is 1.81 bits per heavy atom. The van der Waals surface area contributed by atoms with Gasteiger partial charge in [0.15, 0.2) is 0 Å². The summed E-state index contributed by atoms with van der Waals surface area (Å²) in [5.41, 5.74) is 3.05. The van der Waals surface area contributed by atoms with Crippen molar-refractivity contribution >= 4 is 29.1 Å². The number of nitrogens with one attached hydrogen (secondary N) is 2. The first-order valence-corrected chi connectivity index (χ1v) is 8.76. The van der Waals surface area contributed by atoms with E-state index < -0.39 is 0 Å². The number of hydrogen-bond acceptors (Lipinski definition) is 3. The van der Waals surface area contributed by atoms with Crippen LogP contribution in [0.2, 0.25) is 5.02 Å². The maximum absolute atomic E-state index is 12.4. The highest BCUT2D eigenvalue weighted by atomic mass is 35.5. The van der Waals surface area contributed by atoms with Crippen molar-refractivity contribution in [2.75, 3.05) is 5.32 Å². The molecule has 0 saturated carbocycles. The Kier molecular flexibility index (Phi) is 5.84. The van der Waals surface area contributed by atoms with Gasteiger partial charge in [0.05, 0.1) is 0 Å². The third-order valence-corrected chi connectivity index (χ3v) is 4.30. The van der Waals surface area contributed by atoms with Crippen LogP contribution >= 0.6 is 11.6 Å². The van der Waals surface area contributed by atoms with E-state index in [1.807, 2.05) is 43.3 Å². The standard InChI is InChI=1S/C21H18ClN3O2/c1-14-5-4-7-17(11-14)25-21(27)19-12-15(9-10-23-19)20(26)24-13-16-6-2-3-8-18(16)22/h2-12H,13H2,1H3,(H,24,26)(H,25,27). The fourth-order valence-electron chi connectivity index (χ4n) is 2.53. The number of carbonyl (C=O) groups is 2. The average Bonchev–Trinajstić information content (AvgIpc) is 2.67. The smallest absolute Gasteiger partial charge is 0.274 e.